The first-order chi connectivity index (χ1) is 43.7. The lowest BCUT2D eigenvalue weighted by Gasteiger charge is -2.31. The molecule has 0 radical (unpaired) electrons. The van der Waals surface area contributed by atoms with Crippen LogP contribution in [0, 0.1) is 0 Å². The number of rotatable bonds is 6. The number of para-hydroxylation sites is 4. The lowest BCUT2D eigenvalue weighted by Crippen LogP contribution is -2.25. The van der Waals surface area contributed by atoms with Crippen molar-refractivity contribution < 1.29 is 0 Å². The molecule has 5 heterocycles. The normalized spacial score (nSPS) is 13.1. The van der Waals surface area contributed by atoms with Crippen LogP contribution >= 0.6 is 11.3 Å². The smallest absolute Gasteiger partial charge is 0.166 e. The Bertz CT molecular complexity index is 5860. The van der Waals surface area contributed by atoms with E-state index in [1.807, 2.05) is 11.3 Å². The molecule has 0 N–H and O–H groups in total. The third-order valence-corrected chi connectivity index (χ3v) is 20.5. The average molecular weight is 1130 g/mol. The lowest BCUT2D eigenvalue weighted by atomic mass is 9.70. The minimum atomic E-state index is -0.451. The van der Waals surface area contributed by atoms with Gasteiger partial charge in [-0.1, -0.05) is 212 Å². The molecule has 13 aromatic carbocycles. The summed E-state index contributed by atoms with van der Waals surface area (Å²) in [6, 6.07) is 105. The summed E-state index contributed by atoms with van der Waals surface area (Å²) < 4.78 is 7.42. The number of hydrogen-bond donors (Lipinski definition) is 0. The molecule has 0 unspecified atom stereocenters. The lowest BCUT2D eigenvalue weighted by molar-refractivity contribution is 0.794. The molecule has 2 aliphatic carbocycles. The second kappa shape index (κ2) is 17.9. The monoisotopic (exact) mass is 1130 g/mol. The summed E-state index contributed by atoms with van der Waals surface area (Å²) in [4.78, 5) is 16.5. The molecule has 17 aromatic rings. The summed E-state index contributed by atoms with van der Waals surface area (Å²) in [7, 11) is 0. The van der Waals surface area contributed by atoms with Gasteiger partial charge < -0.3 is 9.13 Å². The molecule has 1 aliphatic heterocycles. The van der Waals surface area contributed by atoms with Crippen LogP contribution in [0.15, 0.2) is 285 Å². The van der Waals surface area contributed by atoms with Crippen molar-refractivity contribution in [2.24, 2.45) is 0 Å². The molecule has 4 aromatic heterocycles. The van der Waals surface area contributed by atoms with Gasteiger partial charge in [0.1, 0.15) is 0 Å². The highest BCUT2D eigenvalue weighted by molar-refractivity contribution is 7.25. The number of hydrogen-bond acceptors (Lipinski definition) is 4. The average Bonchev–Trinajstić information content (AvgIpc) is 1.52. The van der Waals surface area contributed by atoms with Crippen LogP contribution in [-0.4, -0.2) is 24.1 Å². The van der Waals surface area contributed by atoms with Crippen molar-refractivity contribution in [2.45, 2.75) is 5.41 Å². The summed E-state index contributed by atoms with van der Waals surface area (Å²) in [6.45, 7) is 0. The van der Waals surface area contributed by atoms with Crippen LogP contribution < -0.4 is 0 Å². The highest BCUT2D eigenvalue weighted by Crippen LogP contribution is 2.66. The van der Waals surface area contributed by atoms with Gasteiger partial charge >= 0.3 is 0 Å². The highest BCUT2D eigenvalue weighted by atomic mass is 32.1. The van der Waals surface area contributed by atoms with Crippen molar-refractivity contribution in [1.82, 2.24) is 24.1 Å². The molecule has 0 saturated carbocycles. The molecular formula is C82H47N5S. The Balaban J connectivity index is 0.771. The van der Waals surface area contributed by atoms with E-state index >= 15 is 0 Å². The van der Waals surface area contributed by atoms with Crippen molar-refractivity contribution in [1.29, 1.82) is 0 Å². The highest BCUT2D eigenvalue weighted by Gasteiger charge is 2.53. The quantitative estimate of drug-likeness (QED) is 0.167. The van der Waals surface area contributed by atoms with Crippen molar-refractivity contribution in [3.05, 3.63) is 307 Å². The minimum absolute atomic E-state index is 0.451. The molecule has 88 heavy (non-hydrogen) atoms. The third kappa shape index (κ3) is 6.40. The number of benzene rings is 13. The molecule has 0 bridgehead atoms. The first-order valence-electron chi connectivity index (χ1n) is 30.2. The summed E-state index contributed by atoms with van der Waals surface area (Å²) in [5.74, 6) is 1.83. The Morgan fingerprint density at radius 2 is 0.830 bits per heavy atom. The Labute approximate surface area is 510 Å². The van der Waals surface area contributed by atoms with Gasteiger partial charge in [0.15, 0.2) is 17.5 Å². The van der Waals surface area contributed by atoms with E-state index in [-0.39, 0.29) is 0 Å². The molecule has 20 rings (SSSR count). The van der Waals surface area contributed by atoms with E-state index in [4.69, 9.17) is 15.0 Å². The molecule has 406 valence electrons. The predicted molar refractivity (Wildman–Crippen MR) is 364 cm³/mol. The Kier molecular flexibility index (Phi) is 9.75. The van der Waals surface area contributed by atoms with Gasteiger partial charge in [-0.3, -0.25) is 0 Å². The molecule has 1 spiro atoms. The number of thiophene rings is 1. The molecule has 0 atom stereocenters. The van der Waals surface area contributed by atoms with Crippen molar-refractivity contribution in [3.63, 3.8) is 0 Å². The number of aromatic nitrogens is 5. The Morgan fingerprint density at radius 1 is 0.273 bits per heavy atom. The summed E-state index contributed by atoms with van der Waals surface area (Å²) in [5.41, 5.74) is 26.9. The zero-order valence-electron chi connectivity index (χ0n) is 47.3. The second-order valence-corrected chi connectivity index (χ2v) is 24.8. The summed E-state index contributed by atoms with van der Waals surface area (Å²) >= 11 is 1.81. The van der Waals surface area contributed by atoms with Gasteiger partial charge in [0.05, 0.1) is 33.2 Å². The standard InChI is InChI=1S/C82H47N5S/c1-2-21-52(22-3-1)86-70-36-13-9-27-57(70)60-31-17-32-63(77(60)86)81-84-79(51-40-44-74-65(47-51)58-28-10-15-38-73(58)88-74)83-80(85-81)62-29-5-4-23-53(62)50-20-16-19-48(45-50)49-39-43-72-64(46-49)61-41-42-69-76-75-59(56-26-8-14-37-71(56)87(72)78(61)76)30-18-35-68(75)82(69)66-33-11-6-24-54(66)55-25-7-12-34-67(55)82/h1-47H. The van der Waals surface area contributed by atoms with E-state index in [1.54, 1.807) is 0 Å². The van der Waals surface area contributed by atoms with Crippen LogP contribution in [0.25, 0.3) is 165 Å². The molecule has 0 fully saturated rings. The van der Waals surface area contributed by atoms with Gasteiger partial charge in [-0.05, 0) is 140 Å². The molecule has 0 amide bonds. The fourth-order valence-electron chi connectivity index (χ4n) is 15.8. The molecular weight excluding hydrogens is 1090 g/mol. The van der Waals surface area contributed by atoms with E-state index in [0.717, 1.165) is 61.1 Å². The van der Waals surface area contributed by atoms with Gasteiger partial charge in [0, 0.05) is 75.2 Å². The molecule has 0 saturated heterocycles. The van der Waals surface area contributed by atoms with Crippen LogP contribution in [0.4, 0.5) is 0 Å². The van der Waals surface area contributed by atoms with Gasteiger partial charge in [-0.2, -0.15) is 0 Å². The molecule has 3 aliphatic rings. The van der Waals surface area contributed by atoms with Crippen molar-refractivity contribution >= 4 is 75.1 Å². The third-order valence-electron chi connectivity index (χ3n) is 19.3. The fraction of sp³-hybridized carbons (Fsp3) is 0.0122. The van der Waals surface area contributed by atoms with E-state index in [9.17, 15) is 0 Å². The maximum Gasteiger partial charge on any atom is 0.166 e. The largest absolute Gasteiger partial charge is 0.309 e. The molecule has 5 nitrogen and oxygen atoms in total. The molecule has 6 heteroatoms. The van der Waals surface area contributed by atoms with Gasteiger partial charge in [0.2, 0.25) is 0 Å². The second-order valence-electron chi connectivity index (χ2n) is 23.7. The summed E-state index contributed by atoms with van der Waals surface area (Å²) in [5, 5.41) is 7.21. The topological polar surface area (TPSA) is 48.5 Å². The van der Waals surface area contributed by atoms with Crippen LogP contribution in [-0.2, 0) is 5.41 Å². The SMILES string of the molecule is c1ccc(-n2c3ccccc3c3cccc(-c4nc(-c5ccc6sc7ccccc7c6c5)nc(-c5ccccc5-c5cccc(-c6ccc7c(c6)c6ccc8c9c6n7-c6ccccc6-c6cccc(c6-9)C86c7ccccc7-c7ccccc76)c5)n4)c32)cc1. The Morgan fingerprint density at radius 3 is 1.68 bits per heavy atom. The maximum absolute atomic E-state index is 5.57. The van der Waals surface area contributed by atoms with Gasteiger partial charge in [0.25, 0.3) is 0 Å². The fourth-order valence-corrected chi connectivity index (χ4v) is 16.9. The number of nitrogens with zero attached hydrogens (tertiary/aromatic N) is 5. The zero-order valence-corrected chi connectivity index (χ0v) is 48.1. The van der Waals surface area contributed by atoms with E-state index in [1.165, 1.54) is 109 Å². The maximum atomic E-state index is 5.57. The number of fused-ring (bicyclic) bond motifs is 19. The first-order valence-corrected chi connectivity index (χ1v) is 31.0. The van der Waals surface area contributed by atoms with Gasteiger partial charge in [-0.25, -0.2) is 15.0 Å². The van der Waals surface area contributed by atoms with E-state index in [2.05, 4.69) is 294 Å². The van der Waals surface area contributed by atoms with E-state index in [0.29, 0.717) is 17.5 Å². The van der Waals surface area contributed by atoms with Crippen LogP contribution in [0.5, 0.6) is 0 Å². The van der Waals surface area contributed by atoms with Crippen LogP contribution in [0.2, 0.25) is 0 Å². The summed E-state index contributed by atoms with van der Waals surface area (Å²) in [6.07, 6.45) is 0. The van der Waals surface area contributed by atoms with Crippen molar-refractivity contribution in [2.75, 3.05) is 0 Å². The van der Waals surface area contributed by atoms with Crippen LogP contribution in [0.1, 0.15) is 22.3 Å². The predicted octanol–water partition coefficient (Wildman–Crippen LogP) is 21.1. The Hall–Kier alpha value is -11.3. The zero-order chi connectivity index (χ0) is 57.3. The van der Waals surface area contributed by atoms with Crippen LogP contribution in [0.3, 0.4) is 0 Å². The van der Waals surface area contributed by atoms with Crippen molar-refractivity contribution in [3.8, 4) is 101 Å². The first kappa shape index (κ1) is 48.0. The minimum Gasteiger partial charge on any atom is -0.309 e. The van der Waals surface area contributed by atoms with E-state index < -0.39 is 5.41 Å². The van der Waals surface area contributed by atoms with Gasteiger partial charge in [-0.15, -0.1) is 11.3 Å².